The van der Waals surface area contributed by atoms with Crippen LogP contribution in [0.4, 0.5) is 0 Å². The van der Waals surface area contributed by atoms with Crippen LogP contribution in [0.5, 0.6) is 0 Å². The highest BCUT2D eigenvalue weighted by atomic mass is 32.1. The average Bonchev–Trinajstić information content (AvgIpc) is 3.48. The van der Waals surface area contributed by atoms with Gasteiger partial charge in [-0.05, 0) is 49.8 Å². The number of hydrogen-bond donors (Lipinski definition) is 1. The fourth-order valence-electron chi connectivity index (χ4n) is 3.75. The van der Waals surface area contributed by atoms with Gasteiger partial charge in [0.15, 0.2) is 0 Å². The molecule has 1 aromatic carbocycles. The number of aryl methyl sites for hydroxylation is 1. The molecule has 8 nitrogen and oxygen atoms in total. The normalized spacial score (nSPS) is 11.7. The lowest BCUT2D eigenvalue weighted by Gasteiger charge is -2.06. The van der Waals surface area contributed by atoms with E-state index in [1.54, 1.807) is 30.9 Å². The van der Waals surface area contributed by atoms with E-state index in [1.165, 1.54) is 0 Å². The highest BCUT2D eigenvalue weighted by molar-refractivity contribution is 7.20. The number of thiophene rings is 1. The fraction of sp³-hybridized carbons (Fsp3) is 0.115. The van der Waals surface area contributed by atoms with Crippen LogP contribution in [0.25, 0.3) is 27.6 Å². The topological polar surface area (TPSA) is 103 Å². The van der Waals surface area contributed by atoms with Crippen LogP contribution in [0, 0.1) is 6.92 Å². The standard InChI is InChI=1S/C26H21N5O3S/c1-3-34-26(33)22-16(2)21-24(32)29-23(30-25(21)35-22)19(20-11-7-8-12-27-20)13-17-14-28-31(15-17)18-9-5-4-6-10-18/h4-15H,3H2,1-2H3,(H,29,30,32)/b19-13-. The average molecular weight is 484 g/mol. The Bertz CT molecular complexity index is 1600. The van der Waals surface area contributed by atoms with E-state index in [0.29, 0.717) is 37.7 Å². The Kier molecular flexibility index (Phi) is 6.07. The van der Waals surface area contributed by atoms with Gasteiger partial charge in [-0.15, -0.1) is 11.3 Å². The number of esters is 1. The van der Waals surface area contributed by atoms with Gasteiger partial charge in [-0.1, -0.05) is 24.3 Å². The smallest absolute Gasteiger partial charge is 0.348 e. The molecule has 0 aliphatic rings. The van der Waals surface area contributed by atoms with Gasteiger partial charge in [-0.3, -0.25) is 9.78 Å². The van der Waals surface area contributed by atoms with Gasteiger partial charge in [-0.25, -0.2) is 14.5 Å². The predicted octanol–water partition coefficient (Wildman–Crippen LogP) is 4.64. The third kappa shape index (κ3) is 4.41. The molecular formula is C26H21N5O3S. The number of pyridine rings is 1. The minimum Gasteiger partial charge on any atom is -0.462 e. The summed E-state index contributed by atoms with van der Waals surface area (Å²) in [6.45, 7) is 3.73. The van der Waals surface area contributed by atoms with Crippen molar-refractivity contribution in [2.75, 3.05) is 6.61 Å². The number of aromatic nitrogens is 5. The number of carbonyl (C=O) groups is 1. The Hall–Kier alpha value is -4.37. The maximum Gasteiger partial charge on any atom is 0.348 e. The van der Waals surface area contributed by atoms with E-state index >= 15 is 0 Å². The van der Waals surface area contributed by atoms with Crippen LogP contribution in [0.15, 0.2) is 71.9 Å². The number of fused-ring (bicyclic) bond motifs is 1. The minimum absolute atomic E-state index is 0.255. The van der Waals surface area contributed by atoms with Crippen LogP contribution in [0.3, 0.4) is 0 Å². The number of aromatic amines is 1. The Morgan fingerprint density at radius 2 is 1.97 bits per heavy atom. The van der Waals surface area contributed by atoms with Crippen molar-refractivity contribution in [1.82, 2.24) is 24.7 Å². The zero-order valence-electron chi connectivity index (χ0n) is 19.1. The first-order chi connectivity index (χ1) is 17.0. The lowest BCUT2D eigenvalue weighted by molar-refractivity contribution is 0.0531. The zero-order chi connectivity index (χ0) is 24.4. The highest BCUT2D eigenvalue weighted by Gasteiger charge is 2.21. The molecule has 174 valence electrons. The summed E-state index contributed by atoms with van der Waals surface area (Å²) in [6.07, 6.45) is 7.19. The molecular weight excluding hydrogens is 462 g/mol. The van der Waals surface area contributed by atoms with E-state index in [0.717, 1.165) is 22.6 Å². The summed E-state index contributed by atoms with van der Waals surface area (Å²) < 4.78 is 6.92. The van der Waals surface area contributed by atoms with E-state index in [1.807, 2.05) is 60.8 Å². The molecule has 5 rings (SSSR count). The molecule has 0 fully saturated rings. The molecule has 9 heteroatoms. The molecule has 0 aliphatic heterocycles. The van der Waals surface area contributed by atoms with Crippen molar-refractivity contribution in [3.63, 3.8) is 0 Å². The number of hydrogen-bond acceptors (Lipinski definition) is 7. The largest absolute Gasteiger partial charge is 0.462 e. The summed E-state index contributed by atoms with van der Waals surface area (Å²) in [5.74, 6) is -0.104. The van der Waals surface area contributed by atoms with Crippen LogP contribution in [0.1, 0.15) is 39.2 Å². The molecule has 0 amide bonds. The Balaban J connectivity index is 1.64. The molecule has 0 aliphatic carbocycles. The number of para-hydroxylation sites is 1. The van der Waals surface area contributed by atoms with E-state index < -0.39 is 5.97 Å². The van der Waals surface area contributed by atoms with Gasteiger partial charge in [0.05, 0.1) is 29.6 Å². The van der Waals surface area contributed by atoms with Crippen LogP contribution < -0.4 is 5.56 Å². The van der Waals surface area contributed by atoms with Crippen molar-refractivity contribution in [1.29, 1.82) is 0 Å². The summed E-state index contributed by atoms with van der Waals surface area (Å²) in [5, 5.41) is 4.84. The number of ether oxygens (including phenoxy) is 1. The summed E-state index contributed by atoms with van der Waals surface area (Å²) in [6, 6.07) is 15.3. The van der Waals surface area contributed by atoms with Gasteiger partial charge in [0.2, 0.25) is 0 Å². The first kappa shape index (κ1) is 22.4. The lowest BCUT2D eigenvalue weighted by atomic mass is 10.1. The molecule has 5 aromatic rings. The SMILES string of the molecule is CCOC(=O)c1sc2nc(/C(=C\c3cnn(-c4ccccc4)c3)c3ccccn3)[nH]c(=O)c2c1C. The quantitative estimate of drug-likeness (QED) is 0.353. The van der Waals surface area contributed by atoms with Gasteiger partial charge in [0.25, 0.3) is 5.56 Å². The van der Waals surface area contributed by atoms with Crippen molar-refractivity contribution in [2.45, 2.75) is 13.8 Å². The summed E-state index contributed by atoms with van der Waals surface area (Å²) in [4.78, 5) is 38.4. The summed E-state index contributed by atoms with van der Waals surface area (Å²) in [5.41, 5.74) is 3.25. The third-order valence-electron chi connectivity index (χ3n) is 5.39. The molecule has 0 saturated heterocycles. The Morgan fingerprint density at radius 3 is 2.71 bits per heavy atom. The Labute approximate surface area is 204 Å². The van der Waals surface area contributed by atoms with Gasteiger partial charge in [0.1, 0.15) is 15.5 Å². The zero-order valence-corrected chi connectivity index (χ0v) is 19.9. The predicted molar refractivity (Wildman–Crippen MR) is 136 cm³/mol. The number of H-pyrrole nitrogens is 1. The summed E-state index contributed by atoms with van der Waals surface area (Å²) in [7, 11) is 0. The molecule has 4 aromatic heterocycles. The number of carbonyl (C=O) groups excluding carboxylic acids is 1. The van der Waals surface area contributed by atoms with Gasteiger partial charge in [0, 0.05) is 23.5 Å². The third-order valence-corrected chi connectivity index (χ3v) is 6.56. The van der Waals surface area contributed by atoms with Gasteiger partial charge >= 0.3 is 5.97 Å². The van der Waals surface area contributed by atoms with E-state index in [9.17, 15) is 9.59 Å². The van der Waals surface area contributed by atoms with E-state index in [2.05, 4.69) is 15.1 Å². The van der Waals surface area contributed by atoms with Crippen LogP contribution in [-0.2, 0) is 4.74 Å². The number of benzene rings is 1. The van der Waals surface area contributed by atoms with E-state index in [-0.39, 0.29) is 12.2 Å². The molecule has 0 spiro atoms. The second-order valence-corrected chi connectivity index (χ2v) is 8.70. The molecule has 1 N–H and O–H groups in total. The maximum atomic E-state index is 13.1. The second-order valence-electron chi connectivity index (χ2n) is 7.70. The van der Waals surface area contributed by atoms with Crippen molar-refractivity contribution in [3.05, 3.63) is 105 Å². The molecule has 0 saturated carbocycles. The molecule has 35 heavy (non-hydrogen) atoms. The van der Waals surface area contributed by atoms with Crippen LogP contribution in [-0.4, -0.2) is 37.3 Å². The number of nitrogens with one attached hydrogen (secondary N) is 1. The monoisotopic (exact) mass is 483 g/mol. The minimum atomic E-state index is -0.456. The summed E-state index contributed by atoms with van der Waals surface area (Å²) >= 11 is 1.15. The fourth-order valence-corrected chi connectivity index (χ4v) is 4.82. The molecule has 4 heterocycles. The second kappa shape index (κ2) is 9.47. The first-order valence-electron chi connectivity index (χ1n) is 11.0. The van der Waals surface area contributed by atoms with Gasteiger partial charge < -0.3 is 9.72 Å². The Morgan fingerprint density at radius 1 is 1.17 bits per heavy atom. The van der Waals surface area contributed by atoms with Crippen molar-refractivity contribution < 1.29 is 9.53 Å². The van der Waals surface area contributed by atoms with Crippen molar-refractivity contribution >= 4 is 39.2 Å². The molecule has 0 bridgehead atoms. The lowest BCUT2D eigenvalue weighted by Crippen LogP contribution is -2.12. The first-order valence-corrected chi connectivity index (χ1v) is 11.8. The van der Waals surface area contributed by atoms with Crippen molar-refractivity contribution in [2.24, 2.45) is 0 Å². The molecule has 0 atom stereocenters. The van der Waals surface area contributed by atoms with Crippen molar-refractivity contribution in [3.8, 4) is 5.69 Å². The maximum absolute atomic E-state index is 13.1. The highest BCUT2D eigenvalue weighted by Crippen LogP contribution is 2.30. The van der Waals surface area contributed by atoms with Crippen LogP contribution in [0.2, 0.25) is 0 Å². The van der Waals surface area contributed by atoms with E-state index in [4.69, 9.17) is 9.72 Å². The van der Waals surface area contributed by atoms with Crippen LogP contribution >= 0.6 is 11.3 Å². The van der Waals surface area contributed by atoms with Gasteiger partial charge in [-0.2, -0.15) is 5.10 Å². The number of rotatable bonds is 6. The molecule has 0 unspecified atom stereocenters. The molecule has 0 radical (unpaired) electrons. The number of nitrogens with zero attached hydrogens (tertiary/aromatic N) is 4.